The third-order valence-corrected chi connectivity index (χ3v) is 7.88. The molecule has 2 aromatic heterocycles. The van der Waals surface area contributed by atoms with E-state index in [9.17, 15) is 21.6 Å². The molecule has 0 unspecified atom stereocenters. The summed E-state index contributed by atoms with van der Waals surface area (Å²) in [6, 6.07) is 13.7. The van der Waals surface area contributed by atoms with E-state index in [1.165, 1.54) is 44.2 Å². The Labute approximate surface area is 204 Å². The van der Waals surface area contributed by atoms with Crippen molar-refractivity contribution in [2.75, 3.05) is 5.73 Å². The number of aromatic nitrogens is 4. The van der Waals surface area contributed by atoms with Crippen LogP contribution < -0.4 is 5.73 Å². The summed E-state index contributed by atoms with van der Waals surface area (Å²) >= 11 is 0. The van der Waals surface area contributed by atoms with Crippen LogP contribution in [0.3, 0.4) is 0 Å². The summed E-state index contributed by atoms with van der Waals surface area (Å²) in [4.78, 5) is 11.6. The molecular weight excluding hydrogens is 491 g/mol. The molecule has 7 nitrogen and oxygen atoms in total. The van der Waals surface area contributed by atoms with E-state index in [2.05, 4.69) is 15.0 Å². The van der Waals surface area contributed by atoms with Crippen molar-refractivity contribution < 1.29 is 21.6 Å². The molecule has 0 bridgehead atoms. The van der Waals surface area contributed by atoms with Crippen molar-refractivity contribution in [1.82, 2.24) is 18.9 Å². The van der Waals surface area contributed by atoms with E-state index in [1.54, 1.807) is 18.2 Å². The Morgan fingerprint density at radius 3 is 2.19 bits per heavy atom. The first kappa shape index (κ1) is 23.6. The molecule has 36 heavy (non-hydrogen) atoms. The first-order chi connectivity index (χ1) is 17.1. The number of nitrogens with two attached hydrogens (primary N) is 1. The van der Waals surface area contributed by atoms with Crippen LogP contribution in [0.4, 0.5) is 19.1 Å². The summed E-state index contributed by atoms with van der Waals surface area (Å²) in [5.41, 5.74) is 7.73. The SMILES string of the molecule is CC(C)S(=O)(=O)n1c(N)nc2ccc(-c3nc(-c4c(F)cccc4F)[nH]c3-c3ccc(F)cc3)cc21. The van der Waals surface area contributed by atoms with Gasteiger partial charge in [-0.15, -0.1) is 0 Å². The summed E-state index contributed by atoms with van der Waals surface area (Å²) in [6.07, 6.45) is 0. The Bertz CT molecular complexity index is 1700. The van der Waals surface area contributed by atoms with Gasteiger partial charge < -0.3 is 10.7 Å². The summed E-state index contributed by atoms with van der Waals surface area (Å²) < 4.78 is 69.6. The highest BCUT2D eigenvalue weighted by Crippen LogP contribution is 2.36. The number of benzene rings is 3. The molecule has 0 fully saturated rings. The molecule has 5 rings (SSSR count). The summed E-state index contributed by atoms with van der Waals surface area (Å²) in [6.45, 7) is 3.06. The van der Waals surface area contributed by atoms with E-state index in [0.717, 1.165) is 16.1 Å². The van der Waals surface area contributed by atoms with Crippen LogP contribution in [-0.2, 0) is 10.0 Å². The van der Waals surface area contributed by atoms with E-state index in [-0.39, 0.29) is 28.5 Å². The van der Waals surface area contributed by atoms with E-state index in [1.807, 2.05) is 0 Å². The Balaban J connectivity index is 1.78. The van der Waals surface area contributed by atoms with Crippen LogP contribution in [0.2, 0.25) is 0 Å². The Hall–Kier alpha value is -4.12. The zero-order valence-corrected chi connectivity index (χ0v) is 19.9. The van der Waals surface area contributed by atoms with Crippen LogP contribution in [0.5, 0.6) is 0 Å². The number of imidazole rings is 2. The topological polar surface area (TPSA) is 107 Å². The molecule has 0 saturated carbocycles. The van der Waals surface area contributed by atoms with Crippen LogP contribution in [-0.4, -0.2) is 32.6 Å². The maximum Gasteiger partial charge on any atom is 0.244 e. The molecule has 0 aliphatic carbocycles. The number of halogens is 3. The van der Waals surface area contributed by atoms with Crippen molar-refractivity contribution in [3.8, 4) is 33.9 Å². The molecule has 0 aliphatic heterocycles. The largest absolute Gasteiger partial charge is 0.368 e. The first-order valence-corrected chi connectivity index (χ1v) is 12.4. The average molecular weight is 512 g/mol. The normalized spacial score (nSPS) is 12.1. The standard InChI is InChI=1S/C25H20F3N5O2S/c1-13(2)36(34,35)33-20-12-15(8-11-19(20)30-25(33)29)23-22(14-6-9-16(26)10-7-14)31-24(32-23)21-17(27)4-3-5-18(21)28/h3-13H,1-2H3,(H2,29,30)(H,31,32). The number of H-pyrrole nitrogens is 1. The highest BCUT2D eigenvalue weighted by molar-refractivity contribution is 7.90. The van der Waals surface area contributed by atoms with Gasteiger partial charge in [-0.2, -0.15) is 0 Å². The minimum atomic E-state index is -3.85. The molecule has 2 heterocycles. The first-order valence-electron chi connectivity index (χ1n) is 10.9. The van der Waals surface area contributed by atoms with Crippen molar-refractivity contribution in [3.05, 3.63) is 78.1 Å². The van der Waals surface area contributed by atoms with Crippen molar-refractivity contribution in [3.63, 3.8) is 0 Å². The van der Waals surface area contributed by atoms with Gasteiger partial charge in [0.15, 0.2) is 0 Å². The highest BCUT2D eigenvalue weighted by atomic mass is 32.2. The number of aromatic amines is 1. The average Bonchev–Trinajstić information content (AvgIpc) is 3.40. The molecule has 0 aliphatic rings. The van der Waals surface area contributed by atoms with Gasteiger partial charge in [0.1, 0.15) is 23.3 Å². The van der Waals surface area contributed by atoms with E-state index < -0.39 is 32.7 Å². The fourth-order valence-corrected chi connectivity index (χ4v) is 5.09. The Morgan fingerprint density at radius 1 is 0.917 bits per heavy atom. The number of rotatable bonds is 5. The molecule has 0 amide bonds. The predicted molar refractivity (Wildman–Crippen MR) is 132 cm³/mol. The second-order valence-corrected chi connectivity index (χ2v) is 10.8. The highest BCUT2D eigenvalue weighted by Gasteiger charge is 2.26. The minimum absolute atomic E-state index is 0.0807. The third-order valence-electron chi connectivity index (χ3n) is 5.80. The lowest BCUT2D eigenvalue weighted by Crippen LogP contribution is -2.23. The van der Waals surface area contributed by atoms with Crippen molar-refractivity contribution in [2.24, 2.45) is 0 Å². The number of nitrogens with one attached hydrogen (secondary N) is 1. The lowest BCUT2D eigenvalue weighted by molar-refractivity contribution is 0.580. The van der Waals surface area contributed by atoms with Crippen LogP contribution >= 0.6 is 0 Å². The van der Waals surface area contributed by atoms with Crippen molar-refractivity contribution in [2.45, 2.75) is 19.1 Å². The van der Waals surface area contributed by atoms with Crippen molar-refractivity contribution in [1.29, 1.82) is 0 Å². The Morgan fingerprint density at radius 2 is 1.56 bits per heavy atom. The van der Waals surface area contributed by atoms with Gasteiger partial charge in [0.25, 0.3) is 0 Å². The number of nitrogen functional groups attached to an aromatic ring is 1. The maximum absolute atomic E-state index is 14.6. The number of nitrogens with zero attached hydrogens (tertiary/aromatic N) is 3. The lowest BCUT2D eigenvalue weighted by Gasteiger charge is -2.11. The fraction of sp³-hybridized carbons (Fsp3) is 0.120. The quantitative estimate of drug-likeness (QED) is 0.331. The summed E-state index contributed by atoms with van der Waals surface area (Å²) in [7, 11) is -3.85. The smallest absolute Gasteiger partial charge is 0.244 e. The molecule has 0 spiro atoms. The molecule has 5 aromatic rings. The molecular formula is C25H20F3N5O2S. The van der Waals surface area contributed by atoms with E-state index >= 15 is 0 Å². The van der Waals surface area contributed by atoms with Gasteiger partial charge in [-0.05, 0) is 62.4 Å². The van der Waals surface area contributed by atoms with E-state index in [4.69, 9.17) is 5.73 Å². The van der Waals surface area contributed by atoms with E-state index in [0.29, 0.717) is 22.3 Å². The summed E-state index contributed by atoms with van der Waals surface area (Å²) in [5, 5.41) is -0.767. The maximum atomic E-state index is 14.6. The zero-order chi connectivity index (χ0) is 25.8. The molecule has 3 N–H and O–H groups in total. The van der Waals surface area contributed by atoms with Gasteiger partial charge >= 0.3 is 0 Å². The van der Waals surface area contributed by atoms with Gasteiger partial charge in [-0.3, -0.25) is 0 Å². The number of hydrogen-bond donors (Lipinski definition) is 2. The van der Waals surface area contributed by atoms with Gasteiger partial charge in [0.05, 0.1) is 33.2 Å². The minimum Gasteiger partial charge on any atom is -0.368 e. The van der Waals surface area contributed by atoms with Crippen molar-refractivity contribution >= 4 is 27.0 Å². The van der Waals surface area contributed by atoms with Crippen LogP contribution in [0.25, 0.3) is 44.9 Å². The molecule has 0 saturated heterocycles. The van der Waals surface area contributed by atoms with Gasteiger partial charge in [0, 0.05) is 11.1 Å². The number of fused-ring (bicyclic) bond motifs is 1. The molecule has 11 heteroatoms. The monoisotopic (exact) mass is 511 g/mol. The molecule has 3 aromatic carbocycles. The molecule has 184 valence electrons. The third kappa shape index (κ3) is 3.81. The van der Waals surface area contributed by atoms with Crippen LogP contribution in [0.15, 0.2) is 60.7 Å². The number of anilines is 1. The fourth-order valence-electron chi connectivity index (χ4n) is 3.95. The second-order valence-electron chi connectivity index (χ2n) is 8.44. The second kappa shape index (κ2) is 8.52. The van der Waals surface area contributed by atoms with Crippen LogP contribution in [0, 0.1) is 17.5 Å². The summed E-state index contributed by atoms with van der Waals surface area (Å²) in [5.74, 6) is -2.36. The Kier molecular flexibility index (Phi) is 5.59. The predicted octanol–water partition coefficient (Wildman–Crippen LogP) is 5.35. The number of hydrogen-bond acceptors (Lipinski definition) is 5. The van der Waals surface area contributed by atoms with Gasteiger partial charge in [0.2, 0.25) is 16.0 Å². The van der Waals surface area contributed by atoms with Gasteiger partial charge in [-0.25, -0.2) is 35.5 Å². The van der Waals surface area contributed by atoms with Gasteiger partial charge in [-0.1, -0.05) is 12.1 Å². The zero-order valence-electron chi connectivity index (χ0n) is 19.1. The molecule has 0 radical (unpaired) electrons. The van der Waals surface area contributed by atoms with Crippen LogP contribution in [0.1, 0.15) is 13.8 Å². The molecule has 0 atom stereocenters. The lowest BCUT2D eigenvalue weighted by atomic mass is 10.0.